The van der Waals surface area contributed by atoms with Crippen LogP contribution in [0.5, 0.6) is 5.75 Å². The molecule has 0 fully saturated rings. The maximum atomic E-state index is 4.98. The predicted molar refractivity (Wildman–Crippen MR) is 38.4 cm³/mol. The van der Waals surface area contributed by atoms with Gasteiger partial charge >= 0.3 is 69.6 Å². The SMILES string of the molecule is COc1cc[c]([In])cc1. The van der Waals surface area contributed by atoms with E-state index in [1.807, 2.05) is 12.1 Å². The molecule has 0 N–H and O–H groups in total. The van der Waals surface area contributed by atoms with Crippen molar-refractivity contribution in [2.24, 2.45) is 0 Å². The molecule has 1 aromatic rings. The second kappa shape index (κ2) is 3.16. The van der Waals surface area contributed by atoms with Crippen molar-refractivity contribution in [3.63, 3.8) is 0 Å². The monoisotopic (exact) mass is 222 g/mol. The first kappa shape index (κ1) is 7.00. The van der Waals surface area contributed by atoms with Gasteiger partial charge in [-0.25, -0.2) is 0 Å². The second-order valence-corrected chi connectivity index (χ2v) is 3.68. The Balaban J connectivity index is 2.88. The van der Waals surface area contributed by atoms with E-state index in [-0.39, 0.29) is 0 Å². The molecule has 0 heterocycles. The van der Waals surface area contributed by atoms with Crippen LogP contribution in [0.15, 0.2) is 24.3 Å². The van der Waals surface area contributed by atoms with Gasteiger partial charge in [-0.05, 0) is 0 Å². The molecule has 1 rings (SSSR count). The van der Waals surface area contributed by atoms with Gasteiger partial charge in [-0.1, -0.05) is 0 Å². The molecule has 1 aromatic carbocycles. The molecular weight excluding hydrogens is 215 g/mol. The summed E-state index contributed by atoms with van der Waals surface area (Å²) in [6.07, 6.45) is 0. The van der Waals surface area contributed by atoms with Gasteiger partial charge in [0.2, 0.25) is 0 Å². The number of ether oxygens (including phenoxy) is 1. The summed E-state index contributed by atoms with van der Waals surface area (Å²) in [5.41, 5.74) is 0. The summed E-state index contributed by atoms with van der Waals surface area (Å²) >= 11 is 1.18. The molecular formula is C7H7InO. The van der Waals surface area contributed by atoms with Crippen molar-refractivity contribution in [3.05, 3.63) is 24.3 Å². The zero-order valence-electron chi connectivity index (χ0n) is 5.29. The molecule has 0 aromatic heterocycles. The molecule has 0 aliphatic rings. The Kier molecular flexibility index (Phi) is 2.46. The van der Waals surface area contributed by atoms with E-state index in [1.165, 1.54) is 27.7 Å². The van der Waals surface area contributed by atoms with Crippen LogP contribution >= 0.6 is 0 Å². The number of rotatable bonds is 1. The average Bonchev–Trinajstić information content (AvgIpc) is 1.90. The summed E-state index contributed by atoms with van der Waals surface area (Å²) in [4.78, 5) is 0. The third-order valence-electron chi connectivity index (χ3n) is 1.12. The molecule has 2 heteroatoms. The summed E-state index contributed by atoms with van der Waals surface area (Å²) in [6, 6.07) is 8.14. The van der Waals surface area contributed by atoms with Crippen LogP contribution in [0.1, 0.15) is 0 Å². The Morgan fingerprint density at radius 3 is 2.22 bits per heavy atom. The van der Waals surface area contributed by atoms with E-state index < -0.39 is 0 Å². The Hall–Kier alpha value is -0.110. The average molecular weight is 222 g/mol. The Labute approximate surface area is 69.6 Å². The molecule has 0 spiro atoms. The van der Waals surface area contributed by atoms with Crippen LogP contribution in [-0.4, -0.2) is 31.5 Å². The number of hydrogen-bond acceptors (Lipinski definition) is 1. The van der Waals surface area contributed by atoms with Gasteiger partial charge in [0.05, 0.1) is 0 Å². The third kappa shape index (κ3) is 1.94. The van der Waals surface area contributed by atoms with Gasteiger partial charge in [0, 0.05) is 0 Å². The number of benzene rings is 1. The topological polar surface area (TPSA) is 9.23 Å². The fraction of sp³-hybridized carbons (Fsp3) is 0.143. The van der Waals surface area contributed by atoms with Crippen molar-refractivity contribution < 1.29 is 4.74 Å². The zero-order valence-corrected chi connectivity index (χ0v) is 8.59. The van der Waals surface area contributed by atoms with Gasteiger partial charge in [-0.15, -0.1) is 0 Å². The summed E-state index contributed by atoms with van der Waals surface area (Å²) in [7, 11) is 1.68. The first-order valence-corrected chi connectivity index (χ1v) is 4.37. The molecule has 44 valence electrons. The molecule has 2 radical (unpaired) electrons. The molecule has 9 heavy (non-hydrogen) atoms. The van der Waals surface area contributed by atoms with Crippen LogP contribution in [0.2, 0.25) is 0 Å². The van der Waals surface area contributed by atoms with Crippen molar-refractivity contribution in [2.75, 3.05) is 7.11 Å². The molecule has 0 unspecified atom stereocenters. The molecule has 0 aliphatic heterocycles. The fourth-order valence-corrected chi connectivity index (χ4v) is 1.15. The van der Waals surface area contributed by atoms with Crippen LogP contribution in [0.25, 0.3) is 0 Å². The van der Waals surface area contributed by atoms with E-state index in [0.717, 1.165) is 5.75 Å². The van der Waals surface area contributed by atoms with Crippen molar-refractivity contribution in [2.45, 2.75) is 0 Å². The molecule has 0 aliphatic carbocycles. The summed E-state index contributed by atoms with van der Waals surface area (Å²) in [5.74, 6) is 0.938. The Bertz CT molecular complexity index is 181. The number of methoxy groups -OCH3 is 1. The van der Waals surface area contributed by atoms with Crippen LogP contribution in [-0.2, 0) is 0 Å². The summed E-state index contributed by atoms with van der Waals surface area (Å²) in [5, 5.41) is 0. The van der Waals surface area contributed by atoms with Gasteiger partial charge in [0.1, 0.15) is 0 Å². The van der Waals surface area contributed by atoms with Gasteiger partial charge < -0.3 is 0 Å². The predicted octanol–water partition coefficient (Wildman–Crippen LogP) is 0.489. The van der Waals surface area contributed by atoms with E-state index >= 15 is 0 Å². The van der Waals surface area contributed by atoms with Crippen LogP contribution < -0.4 is 8.06 Å². The quantitative estimate of drug-likeness (QED) is 0.671. The van der Waals surface area contributed by atoms with Gasteiger partial charge in [-0.3, -0.25) is 0 Å². The van der Waals surface area contributed by atoms with Crippen molar-refractivity contribution in [1.29, 1.82) is 0 Å². The Morgan fingerprint density at radius 2 is 1.78 bits per heavy atom. The summed E-state index contributed by atoms with van der Waals surface area (Å²) in [6.45, 7) is 0. The third-order valence-corrected chi connectivity index (χ3v) is 2.21. The molecule has 1 nitrogen and oxygen atoms in total. The standard InChI is InChI=1S/C7H7O.In/c1-8-7-5-3-2-4-6-7;/h3-6H,1H3;. The van der Waals surface area contributed by atoms with Gasteiger partial charge in [0.15, 0.2) is 0 Å². The van der Waals surface area contributed by atoms with Gasteiger partial charge in [0.25, 0.3) is 0 Å². The second-order valence-electron chi connectivity index (χ2n) is 1.77. The minimum absolute atomic E-state index is 0.938. The van der Waals surface area contributed by atoms with Crippen LogP contribution in [0.3, 0.4) is 0 Å². The molecule has 0 amide bonds. The van der Waals surface area contributed by atoms with E-state index in [4.69, 9.17) is 4.74 Å². The normalized spacial score (nSPS) is 9.00. The first-order chi connectivity index (χ1) is 4.33. The summed E-state index contributed by atoms with van der Waals surface area (Å²) < 4.78 is 6.37. The Morgan fingerprint density at radius 1 is 1.22 bits per heavy atom. The van der Waals surface area contributed by atoms with E-state index in [1.54, 1.807) is 7.11 Å². The minimum atomic E-state index is 0.938. The molecule has 0 bridgehead atoms. The fourth-order valence-electron chi connectivity index (χ4n) is 0.604. The van der Waals surface area contributed by atoms with E-state index in [9.17, 15) is 0 Å². The van der Waals surface area contributed by atoms with E-state index in [0.29, 0.717) is 0 Å². The van der Waals surface area contributed by atoms with Crippen LogP contribution in [0.4, 0.5) is 0 Å². The zero-order chi connectivity index (χ0) is 6.69. The van der Waals surface area contributed by atoms with Crippen molar-refractivity contribution in [1.82, 2.24) is 0 Å². The van der Waals surface area contributed by atoms with Gasteiger partial charge in [-0.2, -0.15) is 0 Å². The van der Waals surface area contributed by atoms with E-state index in [2.05, 4.69) is 12.1 Å². The van der Waals surface area contributed by atoms with Crippen molar-refractivity contribution >= 4 is 27.7 Å². The molecule has 0 atom stereocenters. The maximum absolute atomic E-state index is 4.98. The molecule has 0 saturated carbocycles. The number of hydrogen-bond donors (Lipinski definition) is 0. The first-order valence-electron chi connectivity index (χ1n) is 2.72. The van der Waals surface area contributed by atoms with Crippen molar-refractivity contribution in [3.8, 4) is 5.75 Å². The van der Waals surface area contributed by atoms with Crippen LogP contribution in [0, 0.1) is 0 Å². The molecule has 0 saturated heterocycles.